The van der Waals surface area contributed by atoms with Crippen LogP contribution in [0.1, 0.15) is 32.6 Å². The second-order valence-electron chi connectivity index (χ2n) is 8.16. The molecule has 0 atom stereocenters. The molecule has 0 radical (unpaired) electrons. The maximum Gasteiger partial charge on any atom is 0.302 e. The van der Waals surface area contributed by atoms with Crippen molar-refractivity contribution < 1.29 is 18.7 Å². The van der Waals surface area contributed by atoms with Crippen LogP contribution in [0.5, 0.6) is 0 Å². The second-order valence-corrected chi connectivity index (χ2v) is 8.16. The van der Waals surface area contributed by atoms with Crippen molar-refractivity contribution >= 4 is 34.2 Å². The van der Waals surface area contributed by atoms with Gasteiger partial charge in [0.2, 0.25) is 5.91 Å². The van der Waals surface area contributed by atoms with E-state index in [1.165, 1.54) is 17.7 Å². The molecule has 4 heterocycles. The van der Waals surface area contributed by atoms with Gasteiger partial charge in [-0.1, -0.05) is 18.9 Å². The van der Waals surface area contributed by atoms with Crippen LogP contribution in [0, 0.1) is 11.7 Å². The number of halogens is 1. The molecule has 1 aliphatic rings. The maximum absolute atomic E-state index is 15.3. The van der Waals surface area contributed by atoms with Crippen LogP contribution in [-0.2, 0) is 20.9 Å². The molecular formula is C23H23FN6O3. The first-order valence-electron chi connectivity index (χ1n) is 11.0. The van der Waals surface area contributed by atoms with Gasteiger partial charge in [-0.05, 0) is 31.0 Å². The van der Waals surface area contributed by atoms with Crippen molar-refractivity contribution in [3.8, 4) is 11.3 Å². The molecule has 4 aromatic heterocycles. The van der Waals surface area contributed by atoms with Crippen LogP contribution >= 0.6 is 0 Å². The Morgan fingerprint density at radius 1 is 1.27 bits per heavy atom. The third-order valence-corrected chi connectivity index (χ3v) is 5.93. The molecule has 10 heteroatoms. The SMILES string of the molecule is CC(=O)OCCn1nc(NC(=O)C2CCCC2)c2cc(F)c(-c3cnn4ccccc34)nc21. The molecule has 9 nitrogen and oxygen atoms in total. The molecule has 1 aliphatic carbocycles. The summed E-state index contributed by atoms with van der Waals surface area (Å²) in [6.07, 6.45) is 7.05. The number of esters is 1. The summed E-state index contributed by atoms with van der Waals surface area (Å²) in [6.45, 7) is 1.61. The Labute approximate surface area is 188 Å². The molecular weight excluding hydrogens is 427 g/mol. The lowest BCUT2D eigenvalue weighted by molar-refractivity contribution is -0.141. The minimum atomic E-state index is -0.544. The summed E-state index contributed by atoms with van der Waals surface area (Å²) in [6, 6.07) is 6.85. The monoisotopic (exact) mass is 450 g/mol. The van der Waals surface area contributed by atoms with E-state index >= 15 is 4.39 Å². The third-order valence-electron chi connectivity index (χ3n) is 5.93. The van der Waals surface area contributed by atoms with Gasteiger partial charge in [-0.25, -0.2) is 18.6 Å². The number of ether oxygens (including phenoxy) is 1. The molecule has 1 N–H and O–H groups in total. The summed E-state index contributed by atoms with van der Waals surface area (Å²) in [4.78, 5) is 28.5. The van der Waals surface area contributed by atoms with E-state index < -0.39 is 11.8 Å². The Bertz CT molecular complexity index is 1360. The fourth-order valence-corrected chi connectivity index (χ4v) is 4.31. The summed E-state index contributed by atoms with van der Waals surface area (Å²) in [5.74, 6) is -0.889. The Balaban J connectivity index is 1.57. The first-order chi connectivity index (χ1) is 16.0. The predicted molar refractivity (Wildman–Crippen MR) is 119 cm³/mol. The average Bonchev–Trinajstić information content (AvgIpc) is 3.53. The van der Waals surface area contributed by atoms with Gasteiger partial charge in [0.15, 0.2) is 17.3 Å². The molecule has 1 saturated carbocycles. The Morgan fingerprint density at radius 3 is 2.88 bits per heavy atom. The van der Waals surface area contributed by atoms with Crippen molar-refractivity contribution in [3.63, 3.8) is 0 Å². The maximum atomic E-state index is 15.3. The van der Waals surface area contributed by atoms with Crippen molar-refractivity contribution in [3.05, 3.63) is 42.5 Å². The van der Waals surface area contributed by atoms with Gasteiger partial charge < -0.3 is 10.1 Å². The molecule has 0 bridgehead atoms. The Hall–Kier alpha value is -3.82. The highest BCUT2D eigenvalue weighted by Gasteiger charge is 2.25. The lowest BCUT2D eigenvalue weighted by Gasteiger charge is -2.08. The molecule has 33 heavy (non-hydrogen) atoms. The Kier molecular flexibility index (Phi) is 5.49. The molecule has 0 spiro atoms. The summed E-state index contributed by atoms with van der Waals surface area (Å²) in [5, 5.41) is 12.0. The number of aromatic nitrogens is 5. The number of hydrogen-bond acceptors (Lipinski definition) is 6. The third kappa shape index (κ3) is 4.04. The van der Waals surface area contributed by atoms with Crippen molar-refractivity contribution in [1.82, 2.24) is 24.4 Å². The van der Waals surface area contributed by atoms with E-state index in [1.54, 1.807) is 16.9 Å². The van der Waals surface area contributed by atoms with Gasteiger partial charge in [-0.15, -0.1) is 0 Å². The van der Waals surface area contributed by atoms with Crippen LogP contribution < -0.4 is 5.32 Å². The molecule has 0 saturated heterocycles. The van der Waals surface area contributed by atoms with Crippen molar-refractivity contribution in [2.45, 2.75) is 39.2 Å². The number of nitrogens with zero attached hydrogens (tertiary/aromatic N) is 5. The lowest BCUT2D eigenvalue weighted by atomic mass is 10.1. The first kappa shape index (κ1) is 21.0. The number of hydrogen-bond donors (Lipinski definition) is 1. The largest absolute Gasteiger partial charge is 0.464 e. The van der Waals surface area contributed by atoms with Gasteiger partial charge in [-0.2, -0.15) is 10.2 Å². The van der Waals surface area contributed by atoms with E-state index in [0.29, 0.717) is 22.1 Å². The second kappa shape index (κ2) is 8.61. The van der Waals surface area contributed by atoms with Gasteiger partial charge in [0, 0.05) is 24.6 Å². The number of amides is 1. The minimum Gasteiger partial charge on any atom is -0.464 e. The highest BCUT2D eigenvalue weighted by atomic mass is 19.1. The van der Waals surface area contributed by atoms with Crippen molar-refractivity contribution in [2.75, 3.05) is 11.9 Å². The van der Waals surface area contributed by atoms with Gasteiger partial charge >= 0.3 is 5.97 Å². The van der Waals surface area contributed by atoms with E-state index in [0.717, 1.165) is 25.7 Å². The zero-order valence-corrected chi connectivity index (χ0v) is 18.1. The van der Waals surface area contributed by atoms with Crippen LogP contribution in [0.3, 0.4) is 0 Å². The zero-order valence-electron chi connectivity index (χ0n) is 18.1. The van der Waals surface area contributed by atoms with Crippen molar-refractivity contribution in [2.24, 2.45) is 5.92 Å². The number of fused-ring (bicyclic) bond motifs is 2. The smallest absolute Gasteiger partial charge is 0.302 e. The van der Waals surface area contributed by atoms with E-state index in [2.05, 4.69) is 20.5 Å². The van der Waals surface area contributed by atoms with Gasteiger partial charge in [0.1, 0.15) is 12.3 Å². The fraction of sp³-hybridized carbons (Fsp3) is 0.348. The van der Waals surface area contributed by atoms with E-state index in [1.807, 2.05) is 18.2 Å². The molecule has 0 aromatic carbocycles. The number of rotatable bonds is 6. The number of carbonyl (C=O) groups excluding carboxylic acids is 2. The molecule has 170 valence electrons. The zero-order chi connectivity index (χ0) is 22.9. The lowest BCUT2D eigenvalue weighted by Crippen LogP contribution is -2.21. The van der Waals surface area contributed by atoms with Gasteiger partial charge in [-0.3, -0.25) is 9.59 Å². The minimum absolute atomic E-state index is 0.0675. The van der Waals surface area contributed by atoms with Crippen molar-refractivity contribution in [1.29, 1.82) is 0 Å². The van der Waals surface area contributed by atoms with Gasteiger partial charge in [0.05, 0.1) is 23.6 Å². The number of nitrogens with one attached hydrogen (secondary N) is 1. The highest BCUT2D eigenvalue weighted by Crippen LogP contribution is 2.32. The van der Waals surface area contributed by atoms with Crippen LogP contribution in [0.4, 0.5) is 10.2 Å². The van der Waals surface area contributed by atoms with Crippen LogP contribution in [0.15, 0.2) is 36.7 Å². The molecule has 5 rings (SSSR count). The van der Waals surface area contributed by atoms with Crippen LogP contribution in [0.25, 0.3) is 27.8 Å². The Morgan fingerprint density at radius 2 is 2.09 bits per heavy atom. The van der Waals surface area contributed by atoms with E-state index in [9.17, 15) is 9.59 Å². The quantitative estimate of drug-likeness (QED) is 0.451. The average molecular weight is 450 g/mol. The molecule has 0 aliphatic heterocycles. The van der Waals surface area contributed by atoms with Crippen LogP contribution in [-0.4, -0.2) is 42.9 Å². The molecule has 4 aromatic rings. The van der Waals surface area contributed by atoms with E-state index in [4.69, 9.17) is 4.74 Å². The first-order valence-corrected chi connectivity index (χ1v) is 11.0. The summed E-state index contributed by atoms with van der Waals surface area (Å²) < 4.78 is 23.5. The number of anilines is 1. The normalized spacial score (nSPS) is 14.2. The predicted octanol–water partition coefficient (Wildman–Crippen LogP) is 3.58. The molecule has 1 amide bonds. The fourth-order valence-electron chi connectivity index (χ4n) is 4.31. The molecule has 1 fully saturated rings. The summed E-state index contributed by atoms with van der Waals surface area (Å²) in [5.41, 5.74) is 1.77. The summed E-state index contributed by atoms with van der Waals surface area (Å²) in [7, 11) is 0. The number of carbonyl (C=O) groups is 2. The highest BCUT2D eigenvalue weighted by molar-refractivity contribution is 6.00. The summed E-state index contributed by atoms with van der Waals surface area (Å²) >= 11 is 0. The standard InChI is InChI=1S/C23H23FN6O3/c1-14(31)33-11-10-30-22-16(21(28-30)27-23(32)15-6-2-3-7-15)12-18(24)20(26-22)17-13-25-29-9-5-4-8-19(17)29/h4-5,8-9,12-13,15H,2-3,6-7,10-11H2,1H3,(H,27,28,32). The molecule has 0 unspecified atom stereocenters. The van der Waals surface area contributed by atoms with Gasteiger partial charge in [0.25, 0.3) is 0 Å². The number of pyridine rings is 2. The van der Waals surface area contributed by atoms with E-state index in [-0.39, 0.29) is 36.5 Å². The van der Waals surface area contributed by atoms with Crippen LogP contribution in [0.2, 0.25) is 0 Å². The topological polar surface area (TPSA) is 103 Å².